The molecule has 0 spiro atoms. The largest absolute Gasteiger partial charge is 0.331 e. The van der Waals surface area contributed by atoms with Crippen LogP contribution >= 0.6 is 63.1 Å². The minimum absolute atomic E-state index is 0. The molecule has 1 heterocycles. The molecule has 0 unspecified atom stereocenters. The third-order valence-corrected chi connectivity index (χ3v) is 5.82. The molecule has 0 amide bonds. The van der Waals surface area contributed by atoms with Crippen LogP contribution in [0.15, 0.2) is 42.5 Å². The van der Waals surface area contributed by atoms with Gasteiger partial charge in [-0.2, -0.15) is 0 Å². The van der Waals surface area contributed by atoms with Gasteiger partial charge in [-0.15, -0.1) is 28.3 Å². The van der Waals surface area contributed by atoms with E-state index in [9.17, 15) is 0 Å². The van der Waals surface area contributed by atoms with E-state index >= 15 is 0 Å². The summed E-state index contributed by atoms with van der Waals surface area (Å²) in [6.07, 6.45) is 0.824. The van der Waals surface area contributed by atoms with Gasteiger partial charge in [-0.1, -0.05) is 67.7 Å². The maximum Gasteiger partial charge on any atom is 0.187 e. The second-order valence-electron chi connectivity index (χ2n) is 7.10. The van der Waals surface area contributed by atoms with Gasteiger partial charge in [0, 0.05) is 27.4 Å². The van der Waals surface area contributed by atoms with Crippen molar-refractivity contribution in [1.82, 2.24) is 4.98 Å². The lowest BCUT2D eigenvalue weighted by molar-refractivity contribution is 0.568. The van der Waals surface area contributed by atoms with E-state index in [4.69, 9.17) is 39.8 Å². The van der Waals surface area contributed by atoms with Crippen LogP contribution in [0.3, 0.4) is 0 Å². The van der Waals surface area contributed by atoms with Crippen molar-refractivity contribution in [3.05, 3.63) is 73.7 Å². The Morgan fingerprint density at radius 1 is 0.963 bits per heavy atom. The molecule has 0 aliphatic carbocycles. The van der Waals surface area contributed by atoms with Gasteiger partial charge in [0.25, 0.3) is 0 Å². The van der Waals surface area contributed by atoms with Crippen LogP contribution in [0, 0.1) is 0 Å². The molecule has 2 nitrogen and oxygen atoms in total. The Kier molecular flexibility index (Phi) is 7.62. The fourth-order valence-corrected chi connectivity index (χ4v) is 4.25. The van der Waals surface area contributed by atoms with Crippen molar-refractivity contribution in [2.45, 2.75) is 32.6 Å². The van der Waals surface area contributed by atoms with E-state index in [-0.39, 0.29) is 22.4 Å². The number of rotatable bonds is 4. The molecule has 144 valence electrons. The molecule has 0 saturated heterocycles. The van der Waals surface area contributed by atoms with Gasteiger partial charge in [0.05, 0.1) is 15.7 Å². The number of nitrogens with one attached hydrogen (secondary N) is 1. The number of nitrogens with zero attached hydrogens (tertiary/aromatic N) is 1. The van der Waals surface area contributed by atoms with E-state index in [1.807, 2.05) is 18.2 Å². The molecule has 0 atom stereocenters. The molecule has 7 heteroatoms. The fourth-order valence-electron chi connectivity index (χ4n) is 2.60. The summed E-state index contributed by atoms with van der Waals surface area (Å²) in [4.78, 5) is 6.09. The number of halogens is 4. The van der Waals surface area contributed by atoms with Crippen LogP contribution in [0.2, 0.25) is 15.1 Å². The van der Waals surface area contributed by atoms with Crippen LogP contribution in [0.25, 0.3) is 0 Å². The van der Waals surface area contributed by atoms with Crippen molar-refractivity contribution < 1.29 is 0 Å². The van der Waals surface area contributed by atoms with Gasteiger partial charge in [-0.05, 0) is 35.9 Å². The molecule has 0 aliphatic heterocycles. The molecule has 0 fully saturated rings. The molecule has 1 N–H and O–H groups in total. The summed E-state index contributed by atoms with van der Waals surface area (Å²) < 4.78 is 0. The zero-order valence-corrected chi connectivity index (χ0v) is 19.9. The van der Waals surface area contributed by atoms with Crippen LogP contribution in [-0.4, -0.2) is 4.98 Å². The molecule has 27 heavy (non-hydrogen) atoms. The predicted octanol–water partition coefficient (Wildman–Crippen LogP) is 8.31. The third kappa shape index (κ3) is 5.85. The number of benzene rings is 2. The van der Waals surface area contributed by atoms with Crippen molar-refractivity contribution in [3.63, 3.8) is 0 Å². The first-order chi connectivity index (χ1) is 12.2. The molecule has 0 radical (unpaired) electrons. The van der Waals surface area contributed by atoms with E-state index < -0.39 is 0 Å². The van der Waals surface area contributed by atoms with E-state index in [2.05, 4.69) is 38.2 Å². The van der Waals surface area contributed by atoms with Gasteiger partial charge in [0.15, 0.2) is 5.13 Å². The average Bonchev–Trinajstić information content (AvgIpc) is 2.96. The minimum Gasteiger partial charge on any atom is -0.331 e. The molecule has 0 bridgehead atoms. The summed E-state index contributed by atoms with van der Waals surface area (Å²) in [5, 5.41) is 5.99. The Balaban J connectivity index is 0.00000261. The quantitative estimate of drug-likeness (QED) is 0.385. The first-order valence-electron chi connectivity index (χ1n) is 8.19. The Morgan fingerprint density at radius 3 is 2.22 bits per heavy atom. The number of hydrogen-bond acceptors (Lipinski definition) is 3. The van der Waals surface area contributed by atoms with Crippen LogP contribution in [0.4, 0.5) is 10.8 Å². The molecular weight excluding hydrogens is 487 g/mol. The summed E-state index contributed by atoms with van der Waals surface area (Å²) >= 11 is 19.8. The average molecular weight is 507 g/mol. The number of hydrogen-bond donors (Lipinski definition) is 1. The summed E-state index contributed by atoms with van der Waals surface area (Å²) in [6.45, 7) is 6.53. The highest BCUT2D eigenvalue weighted by atomic mass is 79.9. The first kappa shape index (κ1) is 22.5. The zero-order chi connectivity index (χ0) is 18.9. The van der Waals surface area contributed by atoms with Gasteiger partial charge in [0.1, 0.15) is 0 Å². The monoisotopic (exact) mass is 504 g/mol. The van der Waals surface area contributed by atoms with Gasteiger partial charge in [-0.3, -0.25) is 0 Å². The normalized spacial score (nSPS) is 11.2. The molecule has 2 aromatic carbocycles. The number of aromatic nitrogens is 1. The van der Waals surface area contributed by atoms with Crippen LogP contribution in [-0.2, 0) is 11.8 Å². The summed E-state index contributed by atoms with van der Waals surface area (Å²) in [5.41, 5.74) is 3.13. The smallest absolute Gasteiger partial charge is 0.187 e. The zero-order valence-electron chi connectivity index (χ0n) is 15.1. The summed E-state index contributed by atoms with van der Waals surface area (Å²) in [7, 11) is 0. The number of anilines is 2. The van der Waals surface area contributed by atoms with E-state index in [0.717, 1.165) is 28.0 Å². The molecule has 3 rings (SSSR count). The second kappa shape index (κ2) is 9.15. The van der Waals surface area contributed by atoms with E-state index in [0.29, 0.717) is 10.0 Å². The van der Waals surface area contributed by atoms with Crippen molar-refractivity contribution in [1.29, 1.82) is 0 Å². The lowest BCUT2D eigenvalue weighted by atomic mass is 9.90. The summed E-state index contributed by atoms with van der Waals surface area (Å²) in [5.74, 6) is 0. The predicted molar refractivity (Wildman–Crippen MR) is 125 cm³/mol. The van der Waals surface area contributed by atoms with Crippen molar-refractivity contribution >= 4 is 73.9 Å². The van der Waals surface area contributed by atoms with Gasteiger partial charge >= 0.3 is 0 Å². The lowest BCUT2D eigenvalue weighted by Gasteiger charge is -2.17. The van der Waals surface area contributed by atoms with Gasteiger partial charge in [0.2, 0.25) is 0 Å². The fraction of sp³-hybridized carbons (Fsp3) is 0.250. The Labute approximate surface area is 189 Å². The molecule has 3 aromatic rings. The van der Waals surface area contributed by atoms with Crippen LogP contribution in [0.1, 0.15) is 36.9 Å². The highest BCUT2D eigenvalue weighted by Crippen LogP contribution is 2.36. The SMILES string of the molecule is Br.CC(C)(C)c1nc(Nc2ccc(Cl)c(Cl)c2)sc1Cc1ccc(Cl)cc1. The topological polar surface area (TPSA) is 24.9 Å². The Hall–Kier alpha value is -0.780. The maximum absolute atomic E-state index is 6.11. The Bertz CT molecular complexity index is 918. The molecular formula is C20H20BrCl3N2S. The van der Waals surface area contributed by atoms with Gasteiger partial charge in [-0.25, -0.2) is 4.98 Å². The molecule has 1 aromatic heterocycles. The van der Waals surface area contributed by atoms with Crippen molar-refractivity contribution in [3.8, 4) is 0 Å². The Morgan fingerprint density at radius 2 is 1.63 bits per heavy atom. The maximum atomic E-state index is 6.11. The van der Waals surface area contributed by atoms with E-state index in [1.165, 1.54) is 10.4 Å². The molecule has 0 aliphatic rings. The first-order valence-corrected chi connectivity index (χ1v) is 10.1. The lowest BCUT2D eigenvalue weighted by Crippen LogP contribution is -2.14. The van der Waals surface area contributed by atoms with E-state index in [1.54, 1.807) is 23.5 Å². The molecule has 0 saturated carbocycles. The highest BCUT2D eigenvalue weighted by Gasteiger charge is 2.23. The standard InChI is InChI=1S/C20H19Cl3N2S.BrH/c1-20(2,3)18-17(10-12-4-6-13(21)7-5-12)26-19(25-18)24-14-8-9-15(22)16(23)11-14;/h4-9,11H,10H2,1-3H3,(H,24,25);1H. The van der Waals surface area contributed by atoms with Crippen LogP contribution in [0.5, 0.6) is 0 Å². The summed E-state index contributed by atoms with van der Waals surface area (Å²) in [6, 6.07) is 13.4. The van der Waals surface area contributed by atoms with Crippen molar-refractivity contribution in [2.75, 3.05) is 5.32 Å². The van der Waals surface area contributed by atoms with Gasteiger partial charge < -0.3 is 5.32 Å². The van der Waals surface area contributed by atoms with Crippen LogP contribution < -0.4 is 5.32 Å². The third-order valence-electron chi connectivity index (χ3n) is 3.86. The second-order valence-corrected chi connectivity index (χ2v) is 9.43. The van der Waals surface area contributed by atoms with Crippen molar-refractivity contribution in [2.24, 2.45) is 0 Å². The number of thiazole rings is 1. The highest BCUT2D eigenvalue weighted by molar-refractivity contribution is 8.93. The minimum atomic E-state index is -0.0458.